The molecule has 1 aliphatic rings. The maximum absolute atomic E-state index is 13.2. The van der Waals surface area contributed by atoms with Gasteiger partial charge in [0.05, 0.1) is 7.11 Å². The van der Waals surface area contributed by atoms with Gasteiger partial charge in [-0.05, 0) is 24.5 Å². The largest absolute Gasteiger partial charge is 0.496 e. The summed E-state index contributed by atoms with van der Waals surface area (Å²) in [5, 5.41) is 18.1. The number of hydrogen-bond acceptors (Lipinski definition) is 3. The van der Waals surface area contributed by atoms with Gasteiger partial charge in [-0.25, -0.2) is 8.78 Å². The maximum Gasteiger partial charge on any atom is 0.245 e. The zero-order chi connectivity index (χ0) is 14.7. The number of hydrogen-bond donors (Lipinski definition) is 0. The number of fused-ring (bicyclic) bond motifs is 1. The van der Waals surface area contributed by atoms with Crippen molar-refractivity contribution in [3.05, 3.63) is 34.9 Å². The van der Waals surface area contributed by atoms with Crippen molar-refractivity contribution in [2.45, 2.75) is 19.3 Å². The lowest BCUT2D eigenvalue weighted by Gasteiger charge is -2.28. The highest BCUT2D eigenvalue weighted by atomic mass is 19.3. The second-order valence-electron chi connectivity index (χ2n) is 4.49. The van der Waals surface area contributed by atoms with E-state index in [0.717, 1.165) is 5.56 Å². The van der Waals surface area contributed by atoms with Gasteiger partial charge in [-0.3, -0.25) is 0 Å². The molecular weight excluding hydrogens is 262 g/mol. The third kappa shape index (κ3) is 2.23. The van der Waals surface area contributed by atoms with Crippen LogP contribution in [0.3, 0.4) is 0 Å². The van der Waals surface area contributed by atoms with Crippen LogP contribution in [0.5, 0.6) is 5.75 Å². The van der Waals surface area contributed by atoms with Crippen LogP contribution in [0.15, 0.2) is 23.8 Å². The zero-order valence-corrected chi connectivity index (χ0v) is 10.9. The molecular formula is C15H12F2N2O. The van der Waals surface area contributed by atoms with Gasteiger partial charge < -0.3 is 4.74 Å². The monoisotopic (exact) mass is 274 g/mol. The fourth-order valence-electron chi connectivity index (χ4n) is 2.61. The fraction of sp³-hybridized carbons (Fsp3) is 0.333. The predicted molar refractivity (Wildman–Crippen MR) is 69.0 cm³/mol. The number of halogens is 2. The van der Waals surface area contributed by atoms with Crippen molar-refractivity contribution >= 4 is 5.57 Å². The van der Waals surface area contributed by atoms with E-state index in [-0.39, 0.29) is 17.6 Å². The van der Waals surface area contributed by atoms with E-state index in [4.69, 9.17) is 15.3 Å². The molecule has 0 saturated carbocycles. The van der Waals surface area contributed by atoms with Crippen molar-refractivity contribution in [2.24, 2.45) is 5.92 Å². The van der Waals surface area contributed by atoms with Gasteiger partial charge in [-0.15, -0.1) is 0 Å². The molecule has 0 radical (unpaired) electrons. The molecule has 1 aromatic rings. The molecule has 0 fully saturated rings. The molecule has 0 heterocycles. The van der Waals surface area contributed by atoms with Crippen LogP contribution >= 0.6 is 0 Å². The molecule has 0 amide bonds. The van der Waals surface area contributed by atoms with Crippen molar-refractivity contribution in [1.82, 2.24) is 0 Å². The Morgan fingerprint density at radius 2 is 2.05 bits per heavy atom. The highest BCUT2D eigenvalue weighted by molar-refractivity contribution is 5.83. The van der Waals surface area contributed by atoms with Gasteiger partial charge in [0.25, 0.3) is 0 Å². The number of allylic oxidation sites excluding steroid dienone is 2. The van der Waals surface area contributed by atoms with Crippen molar-refractivity contribution in [2.75, 3.05) is 7.11 Å². The smallest absolute Gasteiger partial charge is 0.245 e. The topological polar surface area (TPSA) is 56.8 Å². The summed E-state index contributed by atoms with van der Waals surface area (Å²) in [7, 11) is 1.44. The molecule has 102 valence electrons. The number of ether oxygens (including phenoxy) is 1. The molecule has 5 heteroatoms. The summed E-state index contributed by atoms with van der Waals surface area (Å²) in [4.78, 5) is 0. The first kappa shape index (κ1) is 14.0. The molecule has 3 nitrogen and oxygen atoms in total. The van der Waals surface area contributed by atoms with Crippen LogP contribution in [0, 0.1) is 28.6 Å². The van der Waals surface area contributed by atoms with Crippen LogP contribution in [0.1, 0.15) is 17.5 Å². The minimum absolute atomic E-state index is 0.115. The average Bonchev–Trinajstić information content (AvgIpc) is 2.47. The summed E-state index contributed by atoms with van der Waals surface area (Å²) in [6.07, 6.45) is -1.91. The molecule has 0 saturated heterocycles. The normalized spacial score (nSPS) is 17.1. The summed E-state index contributed by atoms with van der Waals surface area (Å²) in [5.41, 5.74) is 1.16. The molecule has 20 heavy (non-hydrogen) atoms. The highest BCUT2D eigenvalue weighted by Gasteiger charge is 2.35. The van der Waals surface area contributed by atoms with E-state index in [1.165, 1.54) is 7.11 Å². The predicted octanol–water partition coefficient (Wildman–Crippen LogP) is 3.32. The number of methoxy groups -OCH3 is 1. The maximum atomic E-state index is 13.2. The quantitative estimate of drug-likeness (QED) is 0.777. The number of alkyl halides is 2. The van der Waals surface area contributed by atoms with Crippen LogP contribution < -0.4 is 4.74 Å². The van der Waals surface area contributed by atoms with Crippen LogP contribution in [-0.4, -0.2) is 13.5 Å². The van der Waals surface area contributed by atoms with E-state index in [1.807, 2.05) is 6.07 Å². The van der Waals surface area contributed by atoms with Crippen molar-refractivity contribution in [3.63, 3.8) is 0 Å². The molecule has 1 unspecified atom stereocenters. The Hall–Kier alpha value is -2.40. The third-order valence-electron chi connectivity index (χ3n) is 3.49. The van der Waals surface area contributed by atoms with E-state index in [9.17, 15) is 8.78 Å². The van der Waals surface area contributed by atoms with Gasteiger partial charge in [0, 0.05) is 17.1 Å². The molecule has 0 N–H and O–H groups in total. The first-order chi connectivity index (χ1) is 9.63. The lowest BCUT2D eigenvalue weighted by Crippen LogP contribution is -2.21. The third-order valence-corrected chi connectivity index (χ3v) is 3.49. The summed E-state index contributed by atoms with van der Waals surface area (Å²) in [6, 6.07) is 8.69. The molecule has 1 aromatic carbocycles. The molecule has 0 aliphatic heterocycles. The van der Waals surface area contributed by atoms with Crippen LogP contribution in [0.25, 0.3) is 5.57 Å². The first-order valence-electron chi connectivity index (χ1n) is 6.12. The van der Waals surface area contributed by atoms with Crippen molar-refractivity contribution < 1.29 is 13.5 Å². The second-order valence-corrected chi connectivity index (χ2v) is 4.49. The first-order valence-corrected chi connectivity index (χ1v) is 6.12. The Morgan fingerprint density at radius 3 is 2.60 bits per heavy atom. The highest BCUT2D eigenvalue weighted by Crippen LogP contribution is 2.44. The fourth-order valence-corrected chi connectivity index (χ4v) is 2.61. The van der Waals surface area contributed by atoms with E-state index < -0.39 is 12.3 Å². The number of nitrogens with zero attached hydrogens (tertiary/aromatic N) is 2. The minimum atomic E-state index is -2.61. The Kier molecular flexibility index (Phi) is 4.00. The van der Waals surface area contributed by atoms with Gasteiger partial charge in [-0.2, -0.15) is 10.5 Å². The Labute approximate surface area is 115 Å². The second kappa shape index (κ2) is 5.71. The van der Waals surface area contributed by atoms with Gasteiger partial charge >= 0.3 is 0 Å². The van der Waals surface area contributed by atoms with Gasteiger partial charge in [0.1, 0.15) is 23.5 Å². The molecule has 1 aliphatic carbocycles. The van der Waals surface area contributed by atoms with Crippen LogP contribution in [0.4, 0.5) is 8.78 Å². The summed E-state index contributed by atoms with van der Waals surface area (Å²) >= 11 is 0. The lowest BCUT2D eigenvalue weighted by molar-refractivity contribution is 0.0989. The van der Waals surface area contributed by atoms with Gasteiger partial charge in [-0.1, -0.05) is 12.1 Å². The number of rotatable bonds is 2. The van der Waals surface area contributed by atoms with E-state index in [0.29, 0.717) is 17.7 Å². The van der Waals surface area contributed by atoms with Gasteiger partial charge in [0.2, 0.25) is 6.43 Å². The van der Waals surface area contributed by atoms with Gasteiger partial charge in [0.15, 0.2) is 0 Å². The standard InChI is InChI=1S/C15H12F2N2O/c1-20-12-4-2-3-9-5-6-11(15(16)17)13(14(9)12)10(7-18)8-19/h2-4,11,15H,5-6H2,1H3. The molecule has 0 aromatic heterocycles. The SMILES string of the molecule is COc1cccc2c1C(=C(C#N)C#N)C(C(F)F)CC2. The average molecular weight is 274 g/mol. The number of benzene rings is 1. The molecule has 0 spiro atoms. The van der Waals surface area contributed by atoms with E-state index >= 15 is 0 Å². The van der Waals surface area contributed by atoms with E-state index in [1.54, 1.807) is 24.3 Å². The minimum Gasteiger partial charge on any atom is -0.496 e. The van der Waals surface area contributed by atoms with Crippen molar-refractivity contribution in [1.29, 1.82) is 10.5 Å². The Bertz CT molecular complexity index is 608. The van der Waals surface area contributed by atoms with Crippen LogP contribution in [-0.2, 0) is 6.42 Å². The molecule has 1 atom stereocenters. The summed E-state index contributed by atoms with van der Waals surface area (Å²) < 4.78 is 31.7. The van der Waals surface area contributed by atoms with E-state index in [2.05, 4.69) is 0 Å². The molecule has 0 bridgehead atoms. The number of aryl methyl sites for hydroxylation is 1. The zero-order valence-electron chi connectivity index (χ0n) is 10.9. The van der Waals surface area contributed by atoms with Crippen LogP contribution in [0.2, 0.25) is 0 Å². The Morgan fingerprint density at radius 1 is 1.35 bits per heavy atom. The lowest BCUT2D eigenvalue weighted by atomic mass is 9.77. The Balaban J connectivity index is 2.77. The van der Waals surface area contributed by atoms with Crippen molar-refractivity contribution in [3.8, 4) is 17.9 Å². The summed E-state index contributed by atoms with van der Waals surface area (Å²) in [5.74, 6) is -0.682. The number of nitriles is 2. The molecule has 2 rings (SSSR count). The summed E-state index contributed by atoms with van der Waals surface area (Å²) in [6.45, 7) is 0.